The molecule has 0 amide bonds. The van der Waals surface area contributed by atoms with Gasteiger partial charge in [-0.2, -0.15) is 5.26 Å². The summed E-state index contributed by atoms with van der Waals surface area (Å²) in [5.74, 6) is -0.580. The maximum atomic E-state index is 12.3. The van der Waals surface area contributed by atoms with Crippen LogP contribution in [0.15, 0.2) is 40.5 Å². The fraction of sp³-hybridized carbons (Fsp3) is 0.125. The number of hydrogen-bond donors (Lipinski definition) is 0. The number of rotatable bonds is 2. The van der Waals surface area contributed by atoms with Gasteiger partial charge in [0.25, 0.3) is 5.56 Å². The van der Waals surface area contributed by atoms with E-state index < -0.39 is 5.92 Å². The van der Waals surface area contributed by atoms with Crippen LogP contribution in [0.25, 0.3) is 15.2 Å². The van der Waals surface area contributed by atoms with Crippen LogP contribution in [-0.4, -0.2) is 14.4 Å². The molecule has 0 fully saturated rings. The van der Waals surface area contributed by atoms with Crippen LogP contribution in [0.2, 0.25) is 0 Å². The zero-order chi connectivity index (χ0) is 16.0. The maximum absolute atomic E-state index is 12.3. The van der Waals surface area contributed by atoms with Crippen molar-refractivity contribution in [2.75, 3.05) is 0 Å². The van der Waals surface area contributed by atoms with E-state index in [1.165, 1.54) is 33.1 Å². The summed E-state index contributed by atoms with van der Waals surface area (Å²) in [4.78, 5) is 21.8. The molecule has 1 unspecified atom stereocenters. The van der Waals surface area contributed by atoms with Crippen molar-refractivity contribution in [3.63, 3.8) is 0 Å². The second-order valence-electron chi connectivity index (χ2n) is 5.10. The molecule has 0 aliphatic heterocycles. The summed E-state index contributed by atoms with van der Waals surface area (Å²) in [6, 6.07) is 11.5. The second kappa shape index (κ2) is 5.26. The standard InChI is InChI=1S/C16H10N4OS2/c1-9-6-14(21)20-12(8-22-16(20)18-9)10(7-17)15-19-11-4-2-3-5-13(11)23-15/h2-6,8,10H,1H3. The van der Waals surface area contributed by atoms with Gasteiger partial charge in [-0.15, -0.1) is 22.7 Å². The lowest BCUT2D eigenvalue weighted by Gasteiger charge is -2.05. The van der Waals surface area contributed by atoms with Gasteiger partial charge in [-0.3, -0.25) is 9.20 Å². The van der Waals surface area contributed by atoms with Crippen LogP contribution in [0.1, 0.15) is 22.3 Å². The summed E-state index contributed by atoms with van der Waals surface area (Å²) in [5, 5.41) is 12.2. The maximum Gasteiger partial charge on any atom is 0.259 e. The van der Waals surface area contributed by atoms with E-state index in [0.29, 0.717) is 21.4 Å². The Labute approximate surface area is 139 Å². The summed E-state index contributed by atoms with van der Waals surface area (Å²) < 4.78 is 2.54. The van der Waals surface area contributed by atoms with Gasteiger partial charge in [-0.1, -0.05) is 12.1 Å². The van der Waals surface area contributed by atoms with Gasteiger partial charge in [0.15, 0.2) is 4.96 Å². The van der Waals surface area contributed by atoms with Gasteiger partial charge in [-0.25, -0.2) is 9.97 Å². The molecule has 112 valence electrons. The van der Waals surface area contributed by atoms with E-state index in [1.54, 1.807) is 6.92 Å². The van der Waals surface area contributed by atoms with E-state index in [2.05, 4.69) is 16.0 Å². The van der Waals surface area contributed by atoms with E-state index in [9.17, 15) is 10.1 Å². The van der Waals surface area contributed by atoms with Crippen LogP contribution in [0.3, 0.4) is 0 Å². The Morgan fingerprint density at radius 2 is 2.13 bits per heavy atom. The van der Waals surface area contributed by atoms with Crippen LogP contribution in [0.4, 0.5) is 0 Å². The molecule has 3 aromatic heterocycles. The average Bonchev–Trinajstić information content (AvgIpc) is 3.12. The minimum absolute atomic E-state index is 0.162. The van der Waals surface area contributed by atoms with Crippen molar-refractivity contribution in [3.8, 4) is 6.07 Å². The smallest absolute Gasteiger partial charge is 0.259 e. The first-order valence-corrected chi connectivity index (χ1v) is 8.60. The van der Waals surface area contributed by atoms with Crippen LogP contribution < -0.4 is 5.56 Å². The lowest BCUT2D eigenvalue weighted by Crippen LogP contribution is -2.17. The SMILES string of the molecule is Cc1cc(=O)n2c(C(C#N)c3nc4ccccc4s3)csc2n1. The third-order valence-electron chi connectivity index (χ3n) is 3.54. The van der Waals surface area contributed by atoms with Crippen molar-refractivity contribution >= 4 is 37.9 Å². The monoisotopic (exact) mass is 338 g/mol. The third kappa shape index (κ3) is 2.23. The highest BCUT2D eigenvalue weighted by atomic mass is 32.1. The van der Waals surface area contributed by atoms with Crippen molar-refractivity contribution in [2.45, 2.75) is 12.8 Å². The summed E-state index contributed by atoms with van der Waals surface area (Å²) in [5.41, 5.74) is 2.01. The quantitative estimate of drug-likeness (QED) is 0.562. The number of aromatic nitrogens is 3. The molecule has 0 radical (unpaired) electrons. The highest BCUT2D eigenvalue weighted by Gasteiger charge is 2.23. The summed E-state index contributed by atoms with van der Waals surface area (Å²) in [7, 11) is 0. The summed E-state index contributed by atoms with van der Waals surface area (Å²) in [6.07, 6.45) is 0. The topological polar surface area (TPSA) is 71.0 Å². The van der Waals surface area contributed by atoms with Crippen molar-refractivity contribution in [1.82, 2.24) is 14.4 Å². The van der Waals surface area contributed by atoms with Gasteiger partial charge in [0.1, 0.15) is 10.9 Å². The number of nitriles is 1. The molecule has 4 rings (SSSR count). The van der Waals surface area contributed by atoms with Crippen LogP contribution >= 0.6 is 22.7 Å². The number of fused-ring (bicyclic) bond motifs is 2. The van der Waals surface area contributed by atoms with Crippen LogP contribution in [0, 0.1) is 18.3 Å². The van der Waals surface area contributed by atoms with E-state index in [4.69, 9.17) is 0 Å². The van der Waals surface area contributed by atoms with Gasteiger partial charge in [0, 0.05) is 17.1 Å². The Kier molecular flexibility index (Phi) is 3.22. The Morgan fingerprint density at radius 1 is 1.30 bits per heavy atom. The predicted molar refractivity (Wildman–Crippen MR) is 91.2 cm³/mol. The number of hydrogen-bond acceptors (Lipinski definition) is 6. The molecule has 0 N–H and O–H groups in total. The molecule has 0 bridgehead atoms. The molecule has 7 heteroatoms. The molecule has 0 aliphatic carbocycles. The van der Waals surface area contributed by atoms with Gasteiger partial charge in [0.2, 0.25) is 0 Å². The number of thiazole rings is 2. The average molecular weight is 338 g/mol. The molecule has 1 aromatic carbocycles. The van der Waals surface area contributed by atoms with Crippen molar-refractivity contribution in [1.29, 1.82) is 5.26 Å². The first-order valence-electron chi connectivity index (χ1n) is 6.90. The van der Waals surface area contributed by atoms with E-state index in [0.717, 1.165) is 10.2 Å². The minimum Gasteiger partial charge on any atom is -0.269 e. The van der Waals surface area contributed by atoms with Crippen LogP contribution in [-0.2, 0) is 0 Å². The lowest BCUT2D eigenvalue weighted by molar-refractivity contribution is 0.895. The number of para-hydroxylation sites is 1. The Morgan fingerprint density at radius 3 is 2.91 bits per heavy atom. The van der Waals surface area contributed by atoms with Crippen LogP contribution in [0.5, 0.6) is 0 Å². The zero-order valence-corrected chi connectivity index (χ0v) is 13.7. The van der Waals surface area contributed by atoms with Crippen molar-refractivity contribution in [2.24, 2.45) is 0 Å². The molecular weight excluding hydrogens is 328 g/mol. The summed E-state index contributed by atoms with van der Waals surface area (Å²) in [6.45, 7) is 1.79. The van der Waals surface area contributed by atoms with Gasteiger partial charge in [-0.05, 0) is 19.1 Å². The second-order valence-corrected chi connectivity index (χ2v) is 7.00. The van der Waals surface area contributed by atoms with Crippen molar-refractivity contribution < 1.29 is 0 Å². The third-order valence-corrected chi connectivity index (χ3v) is 5.49. The highest BCUT2D eigenvalue weighted by molar-refractivity contribution is 7.18. The Hall–Kier alpha value is -2.56. The first kappa shape index (κ1) is 14.1. The molecule has 1 atom stereocenters. The number of nitrogens with zero attached hydrogens (tertiary/aromatic N) is 4. The van der Waals surface area contributed by atoms with Crippen molar-refractivity contribution in [3.05, 3.63) is 62.5 Å². The fourth-order valence-corrected chi connectivity index (χ4v) is 4.50. The Balaban J connectivity index is 1.94. The van der Waals surface area contributed by atoms with Gasteiger partial charge < -0.3 is 0 Å². The normalized spacial score (nSPS) is 12.5. The summed E-state index contributed by atoms with van der Waals surface area (Å²) >= 11 is 2.85. The molecule has 0 aliphatic rings. The first-order chi connectivity index (χ1) is 11.2. The molecule has 0 spiro atoms. The van der Waals surface area contributed by atoms with E-state index >= 15 is 0 Å². The molecule has 4 aromatic rings. The predicted octanol–water partition coefficient (Wildman–Crippen LogP) is 3.33. The van der Waals surface area contributed by atoms with Gasteiger partial charge >= 0.3 is 0 Å². The minimum atomic E-state index is -0.580. The largest absolute Gasteiger partial charge is 0.269 e. The fourth-order valence-electron chi connectivity index (χ4n) is 2.51. The lowest BCUT2D eigenvalue weighted by atomic mass is 10.1. The van der Waals surface area contributed by atoms with E-state index in [1.807, 2.05) is 29.6 Å². The highest BCUT2D eigenvalue weighted by Crippen LogP contribution is 2.32. The molecular formula is C16H10N4OS2. The van der Waals surface area contributed by atoms with Gasteiger partial charge in [0.05, 0.1) is 22.0 Å². The number of benzene rings is 1. The molecule has 0 saturated carbocycles. The van der Waals surface area contributed by atoms with E-state index in [-0.39, 0.29) is 5.56 Å². The molecule has 23 heavy (non-hydrogen) atoms. The Bertz CT molecular complexity index is 1100. The molecule has 5 nitrogen and oxygen atoms in total. The zero-order valence-electron chi connectivity index (χ0n) is 12.1. The molecule has 3 heterocycles. The number of aryl methyl sites for hydroxylation is 1. The molecule has 0 saturated heterocycles.